The number of hydrogen-bond acceptors (Lipinski definition) is 3. The molecule has 1 saturated carbocycles. The minimum Gasteiger partial charge on any atom is -0.394 e. The molecule has 0 radical (unpaired) electrons. The first-order valence-corrected chi connectivity index (χ1v) is 8.10. The molecular formula is C16H32N2O. The molecule has 112 valence electrons. The monoisotopic (exact) mass is 268 g/mol. The van der Waals surface area contributed by atoms with Gasteiger partial charge in [0.1, 0.15) is 0 Å². The van der Waals surface area contributed by atoms with Crippen molar-refractivity contribution in [2.75, 3.05) is 13.2 Å². The summed E-state index contributed by atoms with van der Waals surface area (Å²) in [5.41, 5.74) is -0.0391. The van der Waals surface area contributed by atoms with Crippen LogP contribution in [-0.4, -0.2) is 46.8 Å². The molecule has 2 fully saturated rings. The number of hydrogen-bond donors (Lipinski definition) is 2. The highest BCUT2D eigenvalue weighted by atomic mass is 16.3. The molecule has 3 nitrogen and oxygen atoms in total. The summed E-state index contributed by atoms with van der Waals surface area (Å²) < 4.78 is 0. The van der Waals surface area contributed by atoms with Crippen LogP contribution in [0.15, 0.2) is 0 Å². The average Bonchev–Trinajstić information content (AvgIpc) is 2.68. The fraction of sp³-hybridized carbons (Fsp3) is 1.00. The van der Waals surface area contributed by atoms with Crippen molar-refractivity contribution in [1.82, 2.24) is 10.2 Å². The van der Waals surface area contributed by atoms with E-state index in [9.17, 15) is 5.11 Å². The van der Waals surface area contributed by atoms with Gasteiger partial charge in [-0.15, -0.1) is 0 Å². The van der Waals surface area contributed by atoms with Crippen LogP contribution in [0.2, 0.25) is 0 Å². The van der Waals surface area contributed by atoms with Crippen molar-refractivity contribution in [3.05, 3.63) is 0 Å². The summed E-state index contributed by atoms with van der Waals surface area (Å²) in [7, 11) is 0. The lowest BCUT2D eigenvalue weighted by molar-refractivity contribution is 0.0507. The van der Waals surface area contributed by atoms with Crippen LogP contribution in [0, 0.1) is 5.92 Å². The lowest BCUT2D eigenvalue weighted by Gasteiger charge is -2.45. The third-order valence-electron chi connectivity index (χ3n) is 5.02. The van der Waals surface area contributed by atoms with Crippen LogP contribution in [-0.2, 0) is 0 Å². The summed E-state index contributed by atoms with van der Waals surface area (Å²) in [6.45, 7) is 10.6. The zero-order valence-corrected chi connectivity index (χ0v) is 13.2. The van der Waals surface area contributed by atoms with Gasteiger partial charge in [0.2, 0.25) is 0 Å². The number of likely N-dealkylation sites (tertiary alicyclic amines) is 1. The summed E-state index contributed by atoms with van der Waals surface area (Å²) in [6.07, 6.45) is 6.11. The fourth-order valence-corrected chi connectivity index (χ4v) is 4.39. The first-order valence-electron chi connectivity index (χ1n) is 8.10. The molecule has 1 heterocycles. The van der Waals surface area contributed by atoms with Gasteiger partial charge in [-0.05, 0) is 44.9 Å². The first-order chi connectivity index (χ1) is 8.96. The Morgan fingerprint density at radius 2 is 2.11 bits per heavy atom. The Hall–Kier alpha value is -0.120. The van der Waals surface area contributed by atoms with E-state index in [0.29, 0.717) is 18.1 Å². The molecule has 0 aromatic carbocycles. The molecule has 19 heavy (non-hydrogen) atoms. The number of aliphatic hydroxyl groups is 1. The Morgan fingerprint density at radius 1 is 1.37 bits per heavy atom. The molecule has 2 aliphatic rings. The molecule has 3 heteroatoms. The van der Waals surface area contributed by atoms with Crippen LogP contribution >= 0.6 is 0 Å². The van der Waals surface area contributed by atoms with E-state index in [1.807, 2.05) is 0 Å². The lowest BCUT2D eigenvalue weighted by Crippen LogP contribution is -2.58. The van der Waals surface area contributed by atoms with Crippen LogP contribution in [0.1, 0.15) is 59.8 Å². The molecule has 1 aliphatic heterocycles. The van der Waals surface area contributed by atoms with Crippen molar-refractivity contribution in [2.45, 2.75) is 83.5 Å². The van der Waals surface area contributed by atoms with Crippen LogP contribution in [0.4, 0.5) is 0 Å². The van der Waals surface area contributed by atoms with Gasteiger partial charge >= 0.3 is 0 Å². The molecule has 1 aliphatic carbocycles. The molecule has 4 unspecified atom stereocenters. The van der Waals surface area contributed by atoms with Crippen molar-refractivity contribution in [3.63, 3.8) is 0 Å². The van der Waals surface area contributed by atoms with Crippen LogP contribution < -0.4 is 5.32 Å². The normalized spacial score (nSPS) is 41.1. The van der Waals surface area contributed by atoms with E-state index in [1.54, 1.807) is 0 Å². The molecule has 2 N–H and O–H groups in total. The third-order valence-corrected chi connectivity index (χ3v) is 5.02. The molecule has 1 saturated heterocycles. The van der Waals surface area contributed by atoms with Crippen molar-refractivity contribution < 1.29 is 5.11 Å². The molecule has 0 bridgehead atoms. The highest BCUT2D eigenvalue weighted by Crippen LogP contribution is 2.35. The highest BCUT2D eigenvalue weighted by Gasteiger charge is 2.41. The van der Waals surface area contributed by atoms with E-state index < -0.39 is 0 Å². The molecule has 0 amide bonds. The topological polar surface area (TPSA) is 35.5 Å². The number of aliphatic hydroxyl groups excluding tert-OH is 1. The largest absolute Gasteiger partial charge is 0.394 e. The zero-order chi connectivity index (χ0) is 14.0. The maximum Gasteiger partial charge on any atom is 0.0613 e. The summed E-state index contributed by atoms with van der Waals surface area (Å²) >= 11 is 0. The number of nitrogens with zero attached hydrogens (tertiary/aromatic N) is 1. The van der Waals surface area contributed by atoms with Crippen LogP contribution in [0.5, 0.6) is 0 Å². The van der Waals surface area contributed by atoms with E-state index in [4.69, 9.17) is 0 Å². The van der Waals surface area contributed by atoms with Gasteiger partial charge in [-0.3, -0.25) is 4.90 Å². The Bertz CT molecular complexity index is 294. The second kappa shape index (κ2) is 6.11. The van der Waals surface area contributed by atoms with Crippen LogP contribution in [0.25, 0.3) is 0 Å². The van der Waals surface area contributed by atoms with E-state index in [2.05, 4.69) is 37.9 Å². The van der Waals surface area contributed by atoms with Crippen molar-refractivity contribution in [3.8, 4) is 0 Å². The third kappa shape index (κ3) is 3.50. The van der Waals surface area contributed by atoms with E-state index >= 15 is 0 Å². The molecule has 2 rings (SSSR count). The van der Waals surface area contributed by atoms with Gasteiger partial charge in [0.25, 0.3) is 0 Å². The maximum absolute atomic E-state index is 9.89. The SMILES string of the molecule is CC1CC(C)N(C2CCCC(CO)(NC(C)C)C2)C1. The molecule has 0 aromatic rings. The van der Waals surface area contributed by atoms with Gasteiger partial charge < -0.3 is 10.4 Å². The van der Waals surface area contributed by atoms with Gasteiger partial charge in [0, 0.05) is 30.2 Å². The summed E-state index contributed by atoms with van der Waals surface area (Å²) in [6, 6.07) is 1.82. The standard InChI is InChI=1S/C16H32N2O/c1-12(2)17-16(11-19)7-5-6-15(9-16)18-10-13(3)8-14(18)4/h12-15,17,19H,5-11H2,1-4H3. The number of nitrogens with one attached hydrogen (secondary N) is 1. The zero-order valence-electron chi connectivity index (χ0n) is 13.2. The van der Waals surface area contributed by atoms with Crippen molar-refractivity contribution in [1.29, 1.82) is 0 Å². The minimum atomic E-state index is -0.0391. The first kappa shape index (κ1) is 15.3. The Labute approximate surface area is 118 Å². The van der Waals surface area contributed by atoms with Crippen LogP contribution in [0.3, 0.4) is 0 Å². The second-order valence-electron chi connectivity index (χ2n) is 7.37. The maximum atomic E-state index is 9.89. The van der Waals surface area contributed by atoms with Gasteiger partial charge in [-0.25, -0.2) is 0 Å². The Balaban J connectivity index is 2.03. The summed E-state index contributed by atoms with van der Waals surface area (Å²) in [4.78, 5) is 2.70. The van der Waals surface area contributed by atoms with Gasteiger partial charge in [0.05, 0.1) is 6.61 Å². The van der Waals surface area contributed by atoms with Crippen molar-refractivity contribution in [2.24, 2.45) is 5.92 Å². The molecule has 0 aromatic heterocycles. The van der Waals surface area contributed by atoms with Gasteiger partial charge in [0.15, 0.2) is 0 Å². The quantitative estimate of drug-likeness (QED) is 0.822. The predicted molar refractivity (Wildman–Crippen MR) is 80.3 cm³/mol. The van der Waals surface area contributed by atoms with Gasteiger partial charge in [-0.1, -0.05) is 20.8 Å². The van der Waals surface area contributed by atoms with Gasteiger partial charge in [-0.2, -0.15) is 0 Å². The van der Waals surface area contributed by atoms with E-state index in [1.165, 1.54) is 25.8 Å². The molecule has 0 spiro atoms. The minimum absolute atomic E-state index is 0.0391. The average molecular weight is 268 g/mol. The Morgan fingerprint density at radius 3 is 2.63 bits per heavy atom. The summed E-state index contributed by atoms with van der Waals surface area (Å²) in [5.74, 6) is 0.832. The lowest BCUT2D eigenvalue weighted by atomic mass is 9.78. The number of rotatable bonds is 4. The van der Waals surface area contributed by atoms with Crippen molar-refractivity contribution >= 4 is 0 Å². The van der Waals surface area contributed by atoms with E-state index in [-0.39, 0.29) is 12.1 Å². The Kier molecular flexibility index (Phi) is 4.91. The predicted octanol–water partition coefficient (Wildman–Crippen LogP) is 2.39. The highest BCUT2D eigenvalue weighted by molar-refractivity contribution is 4.99. The second-order valence-corrected chi connectivity index (χ2v) is 7.37. The van der Waals surface area contributed by atoms with E-state index in [0.717, 1.165) is 18.8 Å². The smallest absolute Gasteiger partial charge is 0.0613 e. The summed E-state index contributed by atoms with van der Waals surface area (Å²) in [5, 5.41) is 13.5. The molecular weight excluding hydrogens is 236 g/mol. The molecule has 4 atom stereocenters. The fourth-order valence-electron chi connectivity index (χ4n) is 4.39.